The van der Waals surface area contributed by atoms with E-state index in [1.54, 1.807) is 20.8 Å². The van der Waals surface area contributed by atoms with E-state index < -0.39 is 14.6 Å². The maximum absolute atomic E-state index is 12.4. The van der Waals surface area contributed by atoms with Gasteiger partial charge in [-0.3, -0.25) is 0 Å². The van der Waals surface area contributed by atoms with Crippen molar-refractivity contribution in [1.29, 1.82) is 0 Å². The lowest BCUT2D eigenvalue weighted by molar-refractivity contribution is 0.550. The molecule has 29 heavy (non-hydrogen) atoms. The molecule has 7 heteroatoms. The highest BCUT2D eigenvalue weighted by Crippen LogP contribution is 2.29. The lowest BCUT2D eigenvalue weighted by atomic mass is 10.2. The highest BCUT2D eigenvalue weighted by atomic mass is 32.2. The molecule has 0 bridgehead atoms. The fourth-order valence-corrected chi connectivity index (χ4v) is 4.74. The monoisotopic (exact) mass is 416 g/mol. The number of aromatic nitrogens is 3. The van der Waals surface area contributed by atoms with Crippen molar-refractivity contribution in [2.45, 2.75) is 71.1 Å². The number of unbranched alkanes of at least 4 members (excludes halogenated alkanes) is 2. The number of hydrogen-bond acceptors (Lipinski definition) is 5. The molecule has 0 spiro atoms. The van der Waals surface area contributed by atoms with Crippen molar-refractivity contribution in [3.8, 4) is 0 Å². The molecule has 0 saturated heterocycles. The Kier molecular flexibility index (Phi) is 6.17. The van der Waals surface area contributed by atoms with Crippen LogP contribution in [0.3, 0.4) is 0 Å². The van der Waals surface area contributed by atoms with Gasteiger partial charge in [0, 0.05) is 18.4 Å². The summed E-state index contributed by atoms with van der Waals surface area (Å²) in [7, 11) is -3.10. The van der Waals surface area contributed by atoms with Crippen LogP contribution in [0.1, 0.15) is 59.2 Å². The Hall–Kier alpha value is -2.15. The van der Waals surface area contributed by atoms with E-state index in [9.17, 15) is 8.42 Å². The van der Waals surface area contributed by atoms with Gasteiger partial charge in [-0.1, -0.05) is 31.5 Å². The Morgan fingerprint density at radius 3 is 2.48 bits per heavy atom. The number of anilines is 1. The molecule has 0 atom stereocenters. The van der Waals surface area contributed by atoms with Gasteiger partial charge in [0.15, 0.2) is 15.7 Å². The molecule has 0 aliphatic heterocycles. The number of para-hydroxylation sites is 1. The summed E-state index contributed by atoms with van der Waals surface area (Å²) in [5.41, 5.74) is 8.84. The summed E-state index contributed by atoms with van der Waals surface area (Å²) in [6.45, 7) is 8.17. The number of aryl methyl sites for hydroxylation is 2. The third-order valence-electron chi connectivity index (χ3n) is 5.42. The summed E-state index contributed by atoms with van der Waals surface area (Å²) in [5.74, 6) is 1.66. The van der Waals surface area contributed by atoms with E-state index in [0.29, 0.717) is 12.2 Å². The molecule has 0 radical (unpaired) electrons. The van der Waals surface area contributed by atoms with Gasteiger partial charge in [0.25, 0.3) is 0 Å². The standard InChI is InChI=1S/C22H32N4O2S/c1-5-6-13-18-25-19-20(16-11-7-8-12-17(16)24-21(19)23)26(18)14-9-10-15-29(27,28)22(2,3)4/h7-8,11-12H,5-6,9-10,13-15H2,1-4H3,(H2,23,24). The van der Waals surface area contributed by atoms with E-state index in [2.05, 4.69) is 22.5 Å². The van der Waals surface area contributed by atoms with Gasteiger partial charge < -0.3 is 10.3 Å². The molecule has 0 amide bonds. The lowest BCUT2D eigenvalue weighted by Crippen LogP contribution is -2.30. The molecular weight excluding hydrogens is 384 g/mol. The number of fused-ring (bicyclic) bond motifs is 3. The minimum atomic E-state index is -3.10. The van der Waals surface area contributed by atoms with Crippen molar-refractivity contribution in [2.75, 3.05) is 11.5 Å². The molecule has 2 heterocycles. The molecule has 3 aromatic rings. The second kappa shape index (κ2) is 8.30. The van der Waals surface area contributed by atoms with Crippen LogP contribution in [-0.4, -0.2) is 33.5 Å². The van der Waals surface area contributed by atoms with Crippen molar-refractivity contribution >= 4 is 37.6 Å². The maximum Gasteiger partial charge on any atom is 0.155 e. The SMILES string of the molecule is CCCCc1nc2c(N)nc3ccccc3c2n1CCCCS(=O)(=O)C(C)(C)C. The number of imidazole rings is 1. The first-order valence-electron chi connectivity index (χ1n) is 10.4. The number of benzene rings is 1. The van der Waals surface area contributed by atoms with Crippen LogP contribution in [0.15, 0.2) is 24.3 Å². The minimum absolute atomic E-state index is 0.206. The van der Waals surface area contributed by atoms with Crippen LogP contribution in [0.2, 0.25) is 0 Å². The third-order valence-corrected chi connectivity index (χ3v) is 8.11. The normalized spacial score (nSPS) is 12.8. The summed E-state index contributed by atoms with van der Waals surface area (Å²) in [4.78, 5) is 9.34. The first kappa shape index (κ1) is 21.6. The zero-order valence-corrected chi connectivity index (χ0v) is 18.7. The molecule has 0 aliphatic carbocycles. The van der Waals surface area contributed by atoms with E-state index in [-0.39, 0.29) is 5.75 Å². The summed E-state index contributed by atoms with van der Waals surface area (Å²) in [5, 5.41) is 1.04. The number of rotatable bonds is 8. The molecule has 1 aromatic carbocycles. The quantitative estimate of drug-likeness (QED) is 0.546. The predicted molar refractivity (Wildman–Crippen MR) is 121 cm³/mol. The fourth-order valence-electron chi connectivity index (χ4n) is 3.54. The zero-order chi connectivity index (χ0) is 21.2. The number of hydrogen-bond donors (Lipinski definition) is 1. The van der Waals surface area contributed by atoms with E-state index in [4.69, 9.17) is 10.7 Å². The van der Waals surface area contributed by atoms with Crippen LogP contribution in [-0.2, 0) is 22.8 Å². The van der Waals surface area contributed by atoms with Crippen LogP contribution in [0.25, 0.3) is 21.9 Å². The van der Waals surface area contributed by atoms with Gasteiger partial charge in [0.1, 0.15) is 11.3 Å². The molecule has 2 N–H and O–H groups in total. The summed E-state index contributed by atoms with van der Waals surface area (Å²) in [6, 6.07) is 7.97. The Labute approximate surface area is 173 Å². The van der Waals surface area contributed by atoms with Crippen molar-refractivity contribution in [1.82, 2.24) is 14.5 Å². The molecule has 2 aromatic heterocycles. The molecule has 158 valence electrons. The molecule has 0 aliphatic rings. The van der Waals surface area contributed by atoms with E-state index in [1.165, 1.54) is 0 Å². The Balaban J connectivity index is 1.94. The van der Waals surface area contributed by atoms with Gasteiger partial charge in [-0.05, 0) is 46.1 Å². The van der Waals surface area contributed by atoms with Gasteiger partial charge in [-0.2, -0.15) is 0 Å². The molecule has 0 unspecified atom stereocenters. The van der Waals surface area contributed by atoms with Gasteiger partial charge in [-0.15, -0.1) is 0 Å². The van der Waals surface area contributed by atoms with Gasteiger partial charge in [0.2, 0.25) is 0 Å². The highest BCUT2D eigenvalue weighted by molar-refractivity contribution is 7.92. The number of sulfone groups is 1. The largest absolute Gasteiger partial charge is 0.382 e. The number of pyridine rings is 1. The zero-order valence-electron chi connectivity index (χ0n) is 17.9. The Morgan fingerprint density at radius 2 is 1.79 bits per heavy atom. The van der Waals surface area contributed by atoms with Gasteiger partial charge in [-0.25, -0.2) is 18.4 Å². The van der Waals surface area contributed by atoms with Crippen molar-refractivity contribution in [2.24, 2.45) is 0 Å². The summed E-state index contributed by atoms with van der Waals surface area (Å²) in [6.07, 6.45) is 4.41. The topological polar surface area (TPSA) is 90.9 Å². The lowest BCUT2D eigenvalue weighted by Gasteiger charge is -2.19. The van der Waals surface area contributed by atoms with Crippen LogP contribution < -0.4 is 5.73 Å². The number of nitrogens with zero attached hydrogens (tertiary/aromatic N) is 3. The van der Waals surface area contributed by atoms with Crippen molar-refractivity contribution in [3.05, 3.63) is 30.1 Å². The fraction of sp³-hybridized carbons (Fsp3) is 0.545. The van der Waals surface area contributed by atoms with Crippen LogP contribution >= 0.6 is 0 Å². The molecule has 0 saturated carbocycles. The van der Waals surface area contributed by atoms with Crippen molar-refractivity contribution in [3.63, 3.8) is 0 Å². The second-order valence-electron chi connectivity index (χ2n) is 8.63. The third kappa shape index (κ3) is 4.39. The van der Waals surface area contributed by atoms with E-state index in [1.807, 2.05) is 18.2 Å². The van der Waals surface area contributed by atoms with E-state index >= 15 is 0 Å². The number of nitrogen functional groups attached to an aromatic ring is 1. The maximum atomic E-state index is 12.4. The highest BCUT2D eigenvalue weighted by Gasteiger charge is 2.28. The molecular formula is C22H32N4O2S. The average molecular weight is 417 g/mol. The van der Waals surface area contributed by atoms with Crippen LogP contribution in [0.5, 0.6) is 0 Å². The summed E-state index contributed by atoms with van der Waals surface area (Å²) < 4.78 is 26.3. The Bertz CT molecular complexity index is 1110. The molecule has 6 nitrogen and oxygen atoms in total. The smallest absolute Gasteiger partial charge is 0.155 e. The molecule has 3 rings (SSSR count). The van der Waals surface area contributed by atoms with E-state index in [0.717, 1.165) is 60.0 Å². The predicted octanol–water partition coefficient (Wildman–Crippen LogP) is 4.50. The van der Waals surface area contributed by atoms with Gasteiger partial charge in [0.05, 0.1) is 21.5 Å². The second-order valence-corrected chi connectivity index (χ2v) is 11.5. The Morgan fingerprint density at radius 1 is 1.07 bits per heavy atom. The summed E-state index contributed by atoms with van der Waals surface area (Å²) >= 11 is 0. The van der Waals surface area contributed by atoms with Gasteiger partial charge >= 0.3 is 0 Å². The van der Waals surface area contributed by atoms with Crippen molar-refractivity contribution < 1.29 is 8.42 Å². The van der Waals surface area contributed by atoms with Crippen LogP contribution in [0, 0.1) is 0 Å². The minimum Gasteiger partial charge on any atom is -0.382 e. The first-order chi connectivity index (χ1) is 13.7. The van der Waals surface area contributed by atoms with Crippen LogP contribution in [0.4, 0.5) is 5.82 Å². The average Bonchev–Trinajstić information content (AvgIpc) is 3.02. The number of nitrogens with two attached hydrogens (primary N) is 1. The first-order valence-corrected chi connectivity index (χ1v) is 12.1. The molecule has 0 fully saturated rings.